The number of hydrogen-bond donors (Lipinski definition) is 2. The Hall–Kier alpha value is -2.70. The van der Waals surface area contributed by atoms with Gasteiger partial charge in [-0.25, -0.2) is 4.79 Å². The Morgan fingerprint density at radius 3 is 2.96 bits per heavy atom. The highest BCUT2D eigenvalue weighted by Crippen LogP contribution is 2.33. The third kappa shape index (κ3) is 3.23. The quantitative estimate of drug-likeness (QED) is 0.905. The number of hydrogen-bond acceptors (Lipinski definition) is 5. The van der Waals surface area contributed by atoms with E-state index in [1.165, 1.54) is 0 Å². The average Bonchev–Trinajstić information content (AvgIpc) is 2.93. The van der Waals surface area contributed by atoms with Crippen molar-refractivity contribution in [3.63, 3.8) is 0 Å². The van der Waals surface area contributed by atoms with Crippen LogP contribution in [0, 0.1) is 6.92 Å². The number of para-hydroxylation sites is 1. The maximum atomic E-state index is 12.1. The summed E-state index contributed by atoms with van der Waals surface area (Å²) < 4.78 is 16.3. The van der Waals surface area contributed by atoms with Crippen molar-refractivity contribution in [1.82, 2.24) is 10.5 Å². The van der Waals surface area contributed by atoms with Crippen LogP contribution in [0.2, 0.25) is 0 Å². The van der Waals surface area contributed by atoms with Crippen LogP contribution in [0.15, 0.2) is 22.7 Å². The van der Waals surface area contributed by atoms with E-state index >= 15 is 0 Å². The molecule has 2 N–H and O–H groups in total. The summed E-state index contributed by atoms with van der Waals surface area (Å²) in [6.45, 7) is 5.10. The Labute approximate surface area is 133 Å². The second kappa shape index (κ2) is 6.60. The van der Waals surface area contributed by atoms with Gasteiger partial charge in [0.15, 0.2) is 17.3 Å². The molecule has 0 bridgehead atoms. The van der Waals surface area contributed by atoms with Gasteiger partial charge in [-0.2, -0.15) is 0 Å². The second-order valence-corrected chi connectivity index (χ2v) is 5.16. The Kier molecular flexibility index (Phi) is 4.36. The van der Waals surface area contributed by atoms with Crippen LogP contribution in [0.1, 0.15) is 23.9 Å². The summed E-state index contributed by atoms with van der Waals surface area (Å²) in [4.78, 5) is 12.1. The lowest BCUT2D eigenvalue weighted by Gasteiger charge is -2.21. The number of urea groups is 1. The molecule has 1 aromatic heterocycles. The van der Waals surface area contributed by atoms with Crippen LogP contribution in [0.4, 0.5) is 10.5 Å². The molecule has 0 atom stereocenters. The zero-order chi connectivity index (χ0) is 16.2. The topological polar surface area (TPSA) is 85.6 Å². The number of anilines is 1. The van der Waals surface area contributed by atoms with E-state index in [9.17, 15) is 4.79 Å². The van der Waals surface area contributed by atoms with Crippen molar-refractivity contribution < 1.29 is 18.8 Å². The van der Waals surface area contributed by atoms with E-state index < -0.39 is 0 Å². The third-order valence-electron chi connectivity index (χ3n) is 3.59. The fraction of sp³-hybridized carbons (Fsp3) is 0.375. The summed E-state index contributed by atoms with van der Waals surface area (Å²) in [6, 6.07) is 5.31. The molecule has 2 heterocycles. The van der Waals surface area contributed by atoms with Gasteiger partial charge in [-0.1, -0.05) is 24.2 Å². The first-order valence-corrected chi connectivity index (χ1v) is 7.56. The molecule has 0 fully saturated rings. The highest BCUT2D eigenvalue weighted by Gasteiger charge is 2.17. The number of amides is 2. The van der Waals surface area contributed by atoms with E-state index in [0.29, 0.717) is 49.1 Å². The van der Waals surface area contributed by atoms with Gasteiger partial charge < -0.3 is 24.6 Å². The number of carbonyl (C=O) groups is 1. The van der Waals surface area contributed by atoms with Crippen LogP contribution < -0.4 is 20.1 Å². The molecule has 2 aromatic rings. The minimum Gasteiger partial charge on any atom is -0.486 e. The van der Waals surface area contributed by atoms with Crippen LogP contribution >= 0.6 is 0 Å². The Balaban J connectivity index is 1.64. The number of ether oxygens (including phenoxy) is 2. The average molecular weight is 317 g/mol. The molecule has 0 spiro atoms. The Morgan fingerprint density at radius 1 is 1.30 bits per heavy atom. The molecule has 1 aliphatic rings. The molecule has 3 rings (SSSR count). The number of benzene rings is 1. The smallest absolute Gasteiger partial charge is 0.319 e. The number of aryl methyl sites for hydroxylation is 2. The van der Waals surface area contributed by atoms with Crippen LogP contribution in [0.25, 0.3) is 0 Å². The molecule has 1 aromatic carbocycles. The van der Waals surface area contributed by atoms with E-state index in [0.717, 1.165) is 11.3 Å². The van der Waals surface area contributed by atoms with Gasteiger partial charge in [0.2, 0.25) is 0 Å². The lowest BCUT2D eigenvalue weighted by molar-refractivity contribution is 0.169. The van der Waals surface area contributed by atoms with Crippen molar-refractivity contribution in [2.75, 3.05) is 18.5 Å². The van der Waals surface area contributed by atoms with Gasteiger partial charge in [-0.15, -0.1) is 0 Å². The van der Waals surface area contributed by atoms with Crippen molar-refractivity contribution in [3.05, 3.63) is 35.2 Å². The molecule has 122 valence electrons. The van der Waals surface area contributed by atoms with E-state index in [4.69, 9.17) is 14.0 Å². The summed E-state index contributed by atoms with van der Waals surface area (Å²) in [6.07, 6.45) is 0.685. The van der Waals surface area contributed by atoms with Crippen LogP contribution in [-0.2, 0) is 13.0 Å². The zero-order valence-corrected chi connectivity index (χ0v) is 13.1. The van der Waals surface area contributed by atoms with Gasteiger partial charge >= 0.3 is 6.03 Å². The van der Waals surface area contributed by atoms with Gasteiger partial charge in [0.1, 0.15) is 24.6 Å². The highest BCUT2D eigenvalue weighted by molar-refractivity contribution is 5.90. The number of fused-ring (bicyclic) bond motifs is 1. The summed E-state index contributed by atoms with van der Waals surface area (Å²) in [5.74, 6) is 1.99. The zero-order valence-electron chi connectivity index (χ0n) is 13.1. The number of rotatable bonds is 4. The minimum atomic E-state index is -0.319. The first kappa shape index (κ1) is 15.2. The lowest BCUT2D eigenvalue weighted by atomic mass is 10.1. The molecule has 2 amide bonds. The first-order valence-electron chi connectivity index (χ1n) is 7.56. The Bertz CT molecular complexity index is 711. The predicted octanol–water partition coefficient (Wildman–Crippen LogP) is 2.64. The van der Waals surface area contributed by atoms with Gasteiger partial charge in [0.05, 0.1) is 0 Å². The SMILES string of the molecule is CCc1noc(C)c1NC(=O)NCc1cccc2c1OCCO2. The largest absolute Gasteiger partial charge is 0.486 e. The fourth-order valence-electron chi connectivity index (χ4n) is 2.43. The fourth-order valence-corrected chi connectivity index (χ4v) is 2.43. The molecule has 0 saturated heterocycles. The molecule has 7 heteroatoms. The summed E-state index contributed by atoms with van der Waals surface area (Å²) in [7, 11) is 0. The predicted molar refractivity (Wildman–Crippen MR) is 83.9 cm³/mol. The second-order valence-electron chi connectivity index (χ2n) is 5.16. The van der Waals surface area contributed by atoms with E-state index in [1.807, 2.05) is 25.1 Å². The number of nitrogens with one attached hydrogen (secondary N) is 2. The lowest BCUT2D eigenvalue weighted by Crippen LogP contribution is -2.29. The van der Waals surface area contributed by atoms with E-state index in [-0.39, 0.29) is 6.03 Å². The van der Waals surface area contributed by atoms with Crippen molar-refractivity contribution in [2.45, 2.75) is 26.8 Å². The van der Waals surface area contributed by atoms with Crippen molar-refractivity contribution >= 4 is 11.7 Å². The molecular weight excluding hydrogens is 298 g/mol. The standard InChI is InChI=1S/C16H19N3O4/c1-3-12-14(10(2)23-19-12)18-16(20)17-9-11-5-4-6-13-15(11)22-8-7-21-13/h4-6H,3,7-9H2,1-2H3,(H2,17,18,20). The van der Waals surface area contributed by atoms with Crippen molar-refractivity contribution in [3.8, 4) is 11.5 Å². The minimum absolute atomic E-state index is 0.319. The van der Waals surface area contributed by atoms with Crippen molar-refractivity contribution in [2.24, 2.45) is 0 Å². The van der Waals surface area contributed by atoms with Crippen LogP contribution in [-0.4, -0.2) is 24.4 Å². The Morgan fingerprint density at radius 2 is 2.13 bits per heavy atom. The van der Waals surface area contributed by atoms with Gasteiger partial charge in [0, 0.05) is 12.1 Å². The van der Waals surface area contributed by atoms with Crippen molar-refractivity contribution in [1.29, 1.82) is 0 Å². The molecular formula is C16H19N3O4. The highest BCUT2D eigenvalue weighted by atomic mass is 16.6. The molecule has 0 unspecified atom stereocenters. The maximum Gasteiger partial charge on any atom is 0.319 e. The summed E-state index contributed by atoms with van der Waals surface area (Å²) in [5.41, 5.74) is 2.22. The molecule has 0 radical (unpaired) electrons. The molecule has 1 aliphatic heterocycles. The van der Waals surface area contributed by atoms with Gasteiger partial charge in [0.25, 0.3) is 0 Å². The first-order chi connectivity index (χ1) is 11.2. The summed E-state index contributed by atoms with van der Waals surface area (Å²) >= 11 is 0. The molecule has 7 nitrogen and oxygen atoms in total. The molecule has 23 heavy (non-hydrogen) atoms. The van der Waals surface area contributed by atoms with Gasteiger partial charge in [-0.05, 0) is 19.4 Å². The van der Waals surface area contributed by atoms with E-state index in [2.05, 4.69) is 15.8 Å². The van der Waals surface area contributed by atoms with E-state index in [1.54, 1.807) is 6.92 Å². The van der Waals surface area contributed by atoms with Crippen LogP contribution in [0.5, 0.6) is 11.5 Å². The third-order valence-corrected chi connectivity index (χ3v) is 3.59. The maximum absolute atomic E-state index is 12.1. The van der Waals surface area contributed by atoms with Gasteiger partial charge in [-0.3, -0.25) is 0 Å². The number of aromatic nitrogens is 1. The molecule has 0 saturated carbocycles. The number of nitrogens with zero attached hydrogens (tertiary/aromatic N) is 1. The summed E-state index contributed by atoms with van der Waals surface area (Å²) in [5, 5.41) is 9.50. The normalized spacial score (nSPS) is 12.8. The molecule has 0 aliphatic carbocycles. The van der Waals surface area contributed by atoms with Crippen LogP contribution in [0.3, 0.4) is 0 Å². The monoisotopic (exact) mass is 317 g/mol. The number of carbonyl (C=O) groups excluding carboxylic acids is 1.